The molecule has 3 aliphatic heterocycles. The van der Waals surface area contributed by atoms with Gasteiger partial charge in [0.25, 0.3) is 0 Å². The summed E-state index contributed by atoms with van der Waals surface area (Å²) in [6.45, 7) is 19.6. The summed E-state index contributed by atoms with van der Waals surface area (Å²) in [5.41, 5.74) is 0. The molecule has 0 aromatic heterocycles. The van der Waals surface area contributed by atoms with Crippen LogP contribution in [0.2, 0.25) is 0 Å². The van der Waals surface area contributed by atoms with Gasteiger partial charge in [0.1, 0.15) is 0 Å². The fourth-order valence-corrected chi connectivity index (χ4v) is 6.56. The van der Waals surface area contributed by atoms with Gasteiger partial charge >= 0.3 is 0 Å². The molecule has 1 N–H and O–H groups in total. The van der Waals surface area contributed by atoms with Gasteiger partial charge in [0.05, 0.1) is 5.37 Å². The second-order valence-corrected chi connectivity index (χ2v) is 10.7. The van der Waals surface area contributed by atoms with Crippen LogP contribution in [0.5, 0.6) is 0 Å². The van der Waals surface area contributed by atoms with Crippen molar-refractivity contribution in [2.24, 2.45) is 5.92 Å². The minimum atomic E-state index is 0.673. The lowest BCUT2D eigenvalue weighted by Gasteiger charge is -2.40. The number of piperazine rings is 1. The summed E-state index contributed by atoms with van der Waals surface area (Å²) in [5.74, 6) is 0.917. The van der Waals surface area contributed by atoms with Crippen LogP contribution in [-0.2, 0) is 0 Å². The smallest absolute Gasteiger partial charge is 0.0533 e. The number of hydrogen-bond acceptors (Lipinski definition) is 5. The molecule has 3 saturated heterocycles. The number of rotatable bonds is 7. The Balaban J connectivity index is 1.42. The molecule has 4 atom stereocenters. The Kier molecular flexibility index (Phi) is 8.13. The summed E-state index contributed by atoms with van der Waals surface area (Å²) < 4.78 is 0. The molecule has 152 valence electrons. The molecular formula is C21H42N4S. The third-order valence-corrected chi connectivity index (χ3v) is 8.27. The monoisotopic (exact) mass is 382 g/mol. The van der Waals surface area contributed by atoms with E-state index in [4.69, 9.17) is 0 Å². The lowest BCUT2D eigenvalue weighted by molar-refractivity contribution is 0.152. The molecule has 26 heavy (non-hydrogen) atoms. The summed E-state index contributed by atoms with van der Waals surface area (Å²) in [5, 5.41) is 4.98. The number of thioether (sulfide) groups is 1. The van der Waals surface area contributed by atoms with Crippen LogP contribution in [0.3, 0.4) is 0 Å². The van der Waals surface area contributed by atoms with Crippen molar-refractivity contribution in [2.45, 2.75) is 76.1 Å². The lowest BCUT2D eigenvalue weighted by Crippen LogP contribution is -2.48. The quantitative estimate of drug-likeness (QED) is 0.729. The predicted octanol–water partition coefficient (Wildman–Crippen LogP) is 2.94. The van der Waals surface area contributed by atoms with E-state index in [0.29, 0.717) is 5.37 Å². The van der Waals surface area contributed by atoms with E-state index in [1.165, 1.54) is 65.0 Å². The zero-order chi connectivity index (χ0) is 18.5. The molecule has 4 unspecified atom stereocenters. The molecule has 0 saturated carbocycles. The first-order valence-electron chi connectivity index (χ1n) is 11.1. The number of nitrogens with one attached hydrogen (secondary N) is 1. The van der Waals surface area contributed by atoms with E-state index in [1.54, 1.807) is 0 Å². The normalized spacial score (nSPS) is 32.2. The van der Waals surface area contributed by atoms with Crippen LogP contribution in [0.4, 0.5) is 0 Å². The van der Waals surface area contributed by atoms with E-state index >= 15 is 0 Å². The van der Waals surface area contributed by atoms with Crippen molar-refractivity contribution in [1.82, 2.24) is 20.0 Å². The second kappa shape index (κ2) is 10.1. The van der Waals surface area contributed by atoms with Gasteiger partial charge in [-0.2, -0.15) is 0 Å². The average Bonchev–Trinajstić information content (AvgIpc) is 3.11. The largest absolute Gasteiger partial charge is 0.314 e. The van der Waals surface area contributed by atoms with Crippen molar-refractivity contribution in [3.8, 4) is 0 Å². The molecule has 0 amide bonds. The molecule has 0 aliphatic carbocycles. The standard InChI is InChI=1S/C21H42N4S/c1-17(2)24-11-7-20(15-24)14-18(3)25-10-5-6-21(16-25)26-19(4)23-12-8-22-9-13-23/h17-22H,5-16H2,1-4H3. The van der Waals surface area contributed by atoms with Crippen LogP contribution in [0.1, 0.15) is 53.4 Å². The molecule has 5 heteroatoms. The number of nitrogens with zero attached hydrogens (tertiary/aromatic N) is 3. The fraction of sp³-hybridized carbons (Fsp3) is 1.00. The molecule has 0 radical (unpaired) electrons. The first-order valence-corrected chi connectivity index (χ1v) is 12.1. The molecule has 3 heterocycles. The zero-order valence-electron chi connectivity index (χ0n) is 17.6. The van der Waals surface area contributed by atoms with Gasteiger partial charge in [-0.25, -0.2) is 0 Å². The second-order valence-electron chi connectivity index (χ2n) is 9.11. The Labute approximate surface area is 166 Å². The summed E-state index contributed by atoms with van der Waals surface area (Å²) in [6, 6.07) is 1.47. The average molecular weight is 383 g/mol. The van der Waals surface area contributed by atoms with E-state index < -0.39 is 0 Å². The summed E-state index contributed by atoms with van der Waals surface area (Å²) in [7, 11) is 0. The van der Waals surface area contributed by atoms with Crippen molar-refractivity contribution in [3.05, 3.63) is 0 Å². The maximum atomic E-state index is 3.48. The van der Waals surface area contributed by atoms with Gasteiger partial charge in [-0.1, -0.05) is 0 Å². The fourth-order valence-electron chi connectivity index (χ4n) is 5.04. The first-order chi connectivity index (χ1) is 12.5. The highest BCUT2D eigenvalue weighted by Gasteiger charge is 2.30. The van der Waals surface area contributed by atoms with Gasteiger partial charge in [-0.05, 0) is 72.4 Å². The Morgan fingerprint density at radius 3 is 2.35 bits per heavy atom. The van der Waals surface area contributed by atoms with Gasteiger partial charge < -0.3 is 10.2 Å². The highest BCUT2D eigenvalue weighted by atomic mass is 32.2. The Hall–Kier alpha value is 0.190. The third kappa shape index (κ3) is 5.84. The maximum Gasteiger partial charge on any atom is 0.0533 e. The minimum Gasteiger partial charge on any atom is -0.314 e. The van der Waals surface area contributed by atoms with Gasteiger partial charge in [0, 0.05) is 56.6 Å². The zero-order valence-corrected chi connectivity index (χ0v) is 18.4. The maximum absolute atomic E-state index is 3.48. The van der Waals surface area contributed by atoms with E-state index in [2.05, 4.69) is 59.5 Å². The van der Waals surface area contributed by atoms with Crippen LogP contribution in [0, 0.1) is 5.92 Å². The summed E-state index contributed by atoms with van der Waals surface area (Å²) in [4.78, 5) is 8.15. The van der Waals surface area contributed by atoms with E-state index in [-0.39, 0.29) is 0 Å². The Bertz CT molecular complexity index is 413. The van der Waals surface area contributed by atoms with E-state index in [1.807, 2.05) is 0 Å². The number of piperidine rings is 1. The van der Waals surface area contributed by atoms with Crippen LogP contribution in [0.25, 0.3) is 0 Å². The molecule has 3 rings (SSSR count). The van der Waals surface area contributed by atoms with Crippen molar-refractivity contribution in [2.75, 3.05) is 52.4 Å². The van der Waals surface area contributed by atoms with Gasteiger partial charge in [-0.3, -0.25) is 9.80 Å². The SMILES string of the molecule is CC(C)N1CCC(CC(C)N2CCCC(SC(C)N3CCNCC3)C2)C1. The van der Waals surface area contributed by atoms with Gasteiger partial charge in [-0.15, -0.1) is 11.8 Å². The molecule has 3 aliphatic rings. The molecule has 4 nitrogen and oxygen atoms in total. The molecule has 0 bridgehead atoms. The molecule has 0 spiro atoms. The van der Waals surface area contributed by atoms with Gasteiger partial charge in [0.15, 0.2) is 0 Å². The van der Waals surface area contributed by atoms with Crippen LogP contribution >= 0.6 is 11.8 Å². The van der Waals surface area contributed by atoms with Crippen LogP contribution in [-0.4, -0.2) is 89.8 Å². The highest BCUT2D eigenvalue weighted by Crippen LogP contribution is 2.31. The van der Waals surface area contributed by atoms with Crippen molar-refractivity contribution >= 4 is 11.8 Å². The van der Waals surface area contributed by atoms with Gasteiger partial charge in [0.2, 0.25) is 0 Å². The van der Waals surface area contributed by atoms with E-state index in [9.17, 15) is 0 Å². The number of likely N-dealkylation sites (tertiary alicyclic amines) is 2. The Morgan fingerprint density at radius 1 is 0.885 bits per heavy atom. The van der Waals surface area contributed by atoms with Crippen molar-refractivity contribution in [1.29, 1.82) is 0 Å². The summed E-state index contributed by atoms with van der Waals surface area (Å²) >= 11 is 2.24. The third-order valence-electron chi connectivity index (χ3n) is 6.81. The summed E-state index contributed by atoms with van der Waals surface area (Å²) in [6.07, 6.45) is 5.61. The Morgan fingerprint density at radius 2 is 1.65 bits per heavy atom. The van der Waals surface area contributed by atoms with E-state index in [0.717, 1.165) is 36.3 Å². The molecule has 0 aromatic rings. The predicted molar refractivity (Wildman–Crippen MR) is 115 cm³/mol. The number of hydrogen-bond donors (Lipinski definition) is 1. The van der Waals surface area contributed by atoms with Crippen LogP contribution < -0.4 is 5.32 Å². The lowest BCUT2D eigenvalue weighted by atomic mass is 9.97. The molecule has 0 aromatic carbocycles. The molecular weight excluding hydrogens is 340 g/mol. The molecule has 3 fully saturated rings. The minimum absolute atomic E-state index is 0.673. The highest BCUT2D eigenvalue weighted by molar-refractivity contribution is 8.00. The van der Waals surface area contributed by atoms with Crippen LogP contribution in [0.15, 0.2) is 0 Å². The van der Waals surface area contributed by atoms with Crippen molar-refractivity contribution in [3.63, 3.8) is 0 Å². The first kappa shape index (κ1) is 20.9. The topological polar surface area (TPSA) is 21.8 Å². The van der Waals surface area contributed by atoms with Crippen molar-refractivity contribution < 1.29 is 0 Å².